The molecule has 0 fully saturated rings. The predicted molar refractivity (Wildman–Crippen MR) is 85.2 cm³/mol. The van der Waals surface area contributed by atoms with E-state index in [4.69, 9.17) is 28.8 Å². The largest absolute Gasteiger partial charge is 0.394 e. The Balaban J connectivity index is 3.65. The smallest absolute Gasteiger partial charge is 0.0781 e. The van der Waals surface area contributed by atoms with E-state index in [1.54, 1.807) is 7.11 Å². The lowest BCUT2D eigenvalue weighted by molar-refractivity contribution is -0.0953. The highest BCUT2D eigenvalue weighted by Crippen LogP contribution is 2.02. The van der Waals surface area contributed by atoms with Crippen LogP contribution in [0, 0.1) is 0 Å². The standard InChI is InChI=1S/C16H34O6/c1-12(7-17)19-9-14(3)21-11-16(5)22-10-15(4)20-8-13(2)18-6/h12-17H,7-11H2,1-6H3/t12-,13+,14-,15-,16-/m1/s1. The molecule has 1 N–H and O–H groups in total. The minimum Gasteiger partial charge on any atom is -0.394 e. The highest BCUT2D eigenvalue weighted by Gasteiger charge is 2.11. The van der Waals surface area contributed by atoms with Crippen LogP contribution in [0.15, 0.2) is 0 Å². The summed E-state index contributed by atoms with van der Waals surface area (Å²) < 4.78 is 27.5. The Hall–Kier alpha value is -0.240. The summed E-state index contributed by atoms with van der Waals surface area (Å²) in [6.07, 6.45) is -0.0938. The van der Waals surface area contributed by atoms with E-state index in [1.807, 2.05) is 34.6 Å². The van der Waals surface area contributed by atoms with E-state index in [-0.39, 0.29) is 37.1 Å². The van der Waals surface area contributed by atoms with Gasteiger partial charge in [0.1, 0.15) is 0 Å². The topological polar surface area (TPSA) is 66.4 Å². The zero-order valence-corrected chi connectivity index (χ0v) is 14.9. The van der Waals surface area contributed by atoms with Crippen LogP contribution in [-0.4, -0.2) is 75.8 Å². The Bertz CT molecular complexity index is 227. The Morgan fingerprint density at radius 3 is 1.23 bits per heavy atom. The molecule has 0 saturated carbocycles. The zero-order chi connectivity index (χ0) is 17.0. The van der Waals surface area contributed by atoms with Crippen molar-refractivity contribution in [3.05, 3.63) is 0 Å². The Morgan fingerprint density at radius 1 is 0.591 bits per heavy atom. The maximum Gasteiger partial charge on any atom is 0.0781 e. The van der Waals surface area contributed by atoms with Crippen LogP contribution >= 0.6 is 0 Å². The zero-order valence-electron chi connectivity index (χ0n) is 14.9. The minimum absolute atomic E-state index is 0.0105. The Labute approximate surface area is 135 Å². The highest BCUT2D eigenvalue weighted by atomic mass is 16.6. The van der Waals surface area contributed by atoms with E-state index in [9.17, 15) is 0 Å². The lowest BCUT2D eigenvalue weighted by atomic mass is 10.3. The summed E-state index contributed by atoms with van der Waals surface area (Å²) in [6.45, 7) is 11.7. The van der Waals surface area contributed by atoms with Gasteiger partial charge in [0.2, 0.25) is 0 Å². The van der Waals surface area contributed by atoms with Crippen molar-refractivity contribution in [3.8, 4) is 0 Å². The van der Waals surface area contributed by atoms with E-state index in [0.29, 0.717) is 26.4 Å². The molecule has 0 aromatic rings. The highest BCUT2D eigenvalue weighted by molar-refractivity contribution is 4.57. The van der Waals surface area contributed by atoms with E-state index in [0.717, 1.165) is 0 Å². The van der Waals surface area contributed by atoms with Gasteiger partial charge in [-0.25, -0.2) is 0 Å². The van der Waals surface area contributed by atoms with E-state index in [2.05, 4.69) is 0 Å². The molecular formula is C16H34O6. The van der Waals surface area contributed by atoms with Gasteiger partial charge in [0.15, 0.2) is 0 Å². The molecule has 22 heavy (non-hydrogen) atoms. The third-order valence-electron chi connectivity index (χ3n) is 3.12. The summed E-state index contributed by atoms with van der Waals surface area (Å²) >= 11 is 0. The van der Waals surface area contributed by atoms with Crippen molar-refractivity contribution in [2.45, 2.75) is 65.1 Å². The second kappa shape index (κ2) is 13.2. The van der Waals surface area contributed by atoms with Crippen molar-refractivity contribution < 1.29 is 28.8 Å². The molecule has 0 aromatic heterocycles. The van der Waals surface area contributed by atoms with Gasteiger partial charge in [0.05, 0.1) is 63.6 Å². The molecule has 0 rings (SSSR count). The Morgan fingerprint density at radius 2 is 0.909 bits per heavy atom. The van der Waals surface area contributed by atoms with Crippen molar-refractivity contribution in [3.63, 3.8) is 0 Å². The predicted octanol–water partition coefficient (Wildman–Crippen LogP) is 1.63. The lowest BCUT2D eigenvalue weighted by Crippen LogP contribution is -2.28. The quantitative estimate of drug-likeness (QED) is 0.524. The monoisotopic (exact) mass is 322 g/mol. The number of ether oxygens (including phenoxy) is 5. The molecule has 0 unspecified atom stereocenters. The Kier molecular flexibility index (Phi) is 13.1. The van der Waals surface area contributed by atoms with Crippen LogP contribution in [-0.2, 0) is 23.7 Å². The summed E-state index contributed by atoms with van der Waals surface area (Å²) in [7, 11) is 1.67. The summed E-state index contributed by atoms with van der Waals surface area (Å²) in [5.74, 6) is 0. The molecule has 134 valence electrons. The molecule has 0 radical (unpaired) electrons. The van der Waals surface area contributed by atoms with Crippen molar-refractivity contribution in [1.82, 2.24) is 0 Å². The molecule has 0 spiro atoms. The molecule has 0 aliphatic heterocycles. The third kappa shape index (κ3) is 12.3. The van der Waals surface area contributed by atoms with E-state index in [1.165, 1.54) is 0 Å². The number of rotatable bonds is 14. The molecule has 0 heterocycles. The number of hydrogen-bond acceptors (Lipinski definition) is 6. The molecule has 0 aromatic carbocycles. The van der Waals surface area contributed by atoms with Crippen LogP contribution in [0.4, 0.5) is 0 Å². The fraction of sp³-hybridized carbons (Fsp3) is 1.00. The van der Waals surface area contributed by atoms with Gasteiger partial charge in [-0.15, -0.1) is 0 Å². The molecule has 0 bridgehead atoms. The lowest BCUT2D eigenvalue weighted by Gasteiger charge is -2.21. The van der Waals surface area contributed by atoms with Crippen molar-refractivity contribution >= 4 is 0 Å². The van der Waals surface area contributed by atoms with Gasteiger partial charge in [-0.2, -0.15) is 0 Å². The molecule has 0 aliphatic rings. The fourth-order valence-corrected chi connectivity index (χ4v) is 1.46. The third-order valence-corrected chi connectivity index (χ3v) is 3.12. The first-order chi connectivity index (χ1) is 10.4. The molecule has 6 nitrogen and oxygen atoms in total. The molecule has 0 aliphatic carbocycles. The van der Waals surface area contributed by atoms with Gasteiger partial charge < -0.3 is 28.8 Å². The van der Waals surface area contributed by atoms with Crippen molar-refractivity contribution in [2.24, 2.45) is 0 Å². The number of aliphatic hydroxyl groups excluding tert-OH is 1. The van der Waals surface area contributed by atoms with Gasteiger partial charge in [0, 0.05) is 7.11 Å². The summed E-state index contributed by atoms with van der Waals surface area (Å²) in [6, 6.07) is 0. The normalized spacial score (nSPS) is 18.7. The van der Waals surface area contributed by atoms with E-state index >= 15 is 0 Å². The molecule has 5 atom stereocenters. The van der Waals surface area contributed by atoms with Gasteiger partial charge in [-0.3, -0.25) is 0 Å². The van der Waals surface area contributed by atoms with Crippen LogP contribution in [0.3, 0.4) is 0 Å². The van der Waals surface area contributed by atoms with Crippen LogP contribution < -0.4 is 0 Å². The first kappa shape index (κ1) is 21.8. The molecular weight excluding hydrogens is 288 g/mol. The summed E-state index contributed by atoms with van der Waals surface area (Å²) in [4.78, 5) is 0. The first-order valence-electron chi connectivity index (χ1n) is 7.99. The molecule has 6 heteroatoms. The van der Waals surface area contributed by atoms with Gasteiger partial charge in [0.25, 0.3) is 0 Å². The average molecular weight is 322 g/mol. The summed E-state index contributed by atoms with van der Waals surface area (Å²) in [5.41, 5.74) is 0. The summed E-state index contributed by atoms with van der Waals surface area (Å²) in [5, 5.41) is 8.88. The molecule has 0 amide bonds. The second-order valence-electron chi connectivity index (χ2n) is 5.80. The van der Waals surface area contributed by atoms with Gasteiger partial charge in [-0.05, 0) is 34.6 Å². The minimum atomic E-state index is -0.160. The molecule has 0 saturated heterocycles. The number of aliphatic hydroxyl groups is 1. The van der Waals surface area contributed by atoms with Crippen LogP contribution in [0.25, 0.3) is 0 Å². The first-order valence-corrected chi connectivity index (χ1v) is 7.99. The van der Waals surface area contributed by atoms with Crippen LogP contribution in [0.5, 0.6) is 0 Å². The van der Waals surface area contributed by atoms with Gasteiger partial charge in [-0.1, -0.05) is 0 Å². The van der Waals surface area contributed by atoms with Gasteiger partial charge >= 0.3 is 0 Å². The van der Waals surface area contributed by atoms with Crippen LogP contribution in [0.1, 0.15) is 34.6 Å². The number of methoxy groups -OCH3 is 1. The fourth-order valence-electron chi connectivity index (χ4n) is 1.46. The SMILES string of the molecule is CO[C@@H](C)CO[C@H](C)CO[C@H](C)CO[C@H](C)CO[C@H](C)CO. The number of hydrogen-bond donors (Lipinski definition) is 1. The van der Waals surface area contributed by atoms with Crippen molar-refractivity contribution in [2.75, 3.05) is 40.1 Å². The van der Waals surface area contributed by atoms with Crippen molar-refractivity contribution in [1.29, 1.82) is 0 Å². The maximum absolute atomic E-state index is 8.88. The average Bonchev–Trinajstić information content (AvgIpc) is 2.53. The maximum atomic E-state index is 8.88. The van der Waals surface area contributed by atoms with Crippen LogP contribution in [0.2, 0.25) is 0 Å². The van der Waals surface area contributed by atoms with E-state index < -0.39 is 0 Å². The second-order valence-corrected chi connectivity index (χ2v) is 5.80.